The summed E-state index contributed by atoms with van der Waals surface area (Å²) in [5, 5.41) is 0. The Bertz CT molecular complexity index is 261. The first-order valence-corrected chi connectivity index (χ1v) is 8.45. The molecule has 1 atom stereocenters. The van der Waals surface area contributed by atoms with E-state index in [0.717, 1.165) is 18.3 Å². The zero-order valence-electron chi connectivity index (χ0n) is 12.1. The lowest BCUT2D eigenvalue weighted by atomic mass is 9.78. The lowest BCUT2D eigenvalue weighted by molar-refractivity contribution is 0.277. The molecule has 1 saturated carbocycles. The molecule has 0 N–H and O–H groups in total. The van der Waals surface area contributed by atoms with Crippen molar-refractivity contribution < 1.29 is 0 Å². The van der Waals surface area contributed by atoms with E-state index in [2.05, 4.69) is 11.8 Å². The molecule has 0 spiro atoms. The second kappa shape index (κ2) is 8.63. The highest BCUT2D eigenvalue weighted by molar-refractivity contribution is 5.05. The average molecular weight is 246 g/mol. The van der Waals surface area contributed by atoms with Crippen molar-refractivity contribution in [1.29, 1.82) is 0 Å². The molecule has 0 nitrogen and oxygen atoms in total. The molecule has 0 radical (unpaired) electrons. The molecule has 102 valence electrons. The van der Waals surface area contributed by atoms with Crippen molar-refractivity contribution in [2.45, 2.75) is 89.9 Å². The maximum atomic E-state index is 3.66. The van der Waals surface area contributed by atoms with Gasteiger partial charge in [0.05, 0.1) is 0 Å². The highest BCUT2D eigenvalue weighted by atomic mass is 14.3. The minimum Gasteiger partial charge on any atom is -0.103 e. The van der Waals surface area contributed by atoms with Crippen LogP contribution in [0.5, 0.6) is 0 Å². The van der Waals surface area contributed by atoms with Crippen LogP contribution in [0.2, 0.25) is 0 Å². The second-order valence-corrected chi connectivity index (χ2v) is 6.34. The minimum absolute atomic E-state index is 0.740. The number of hydrogen-bond acceptors (Lipinski definition) is 0. The van der Waals surface area contributed by atoms with Crippen molar-refractivity contribution >= 4 is 0 Å². The highest BCUT2D eigenvalue weighted by Crippen LogP contribution is 2.32. The molecule has 2 aliphatic rings. The Morgan fingerprint density at radius 1 is 0.556 bits per heavy atom. The quantitative estimate of drug-likeness (QED) is 0.520. The number of rotatable bonds is 1. The van der Waals surface area contributed by atoms with Crippen LogP contribution in [0.15, 0.2) is 0 Å². The molecular weight excluding hydrogens is 216 g/mol. The lowest BCUT2D eigenvalue weighted by Crippen LogP contribution is -2.16. The highest BCUT2D eigenvalue weighted by Gasteiger charge is 2.21. The van der Waals surface area contributed by atoms with Crippen LogP contribution in [-0.2, 0) is 0 Å². The maximum absolute atomic E-state index is 3.66. The van der Waals surface area contributed by atoms with Crippen LogP contribution in [-0.4, -0.2) is 0 Å². The Labute approximate surface area is 114 Å². The maximum Gasteiger partial charge on any atom is 0.0231 e. The van der Waals surface area contributed by atoms with Crippen LogP contribution in [0.4, 0.5) is 0 Å². The minimum atomic E-state index is 0.740. The van der Waals surface area contributed by atoms with Crippen molar-refractivity contribution in [3.05, 3.63) is 0 Å². The van der Waals surface area contributed by atoms with Gasteiger partial charge in [-0.15, -0.1) is 5.92 Å². The molecule has 0 aliphatic heterocycles. The molecule has 0 aromatic heterocycles. The van der Waals surface area contributed by atoms with Crippen molar-refractivity contribution in [3.63, 3.8) is 0 Å². The standard InChI is InChI=1S/C18H30/c1-2-4-6-9-13-17(14-10-7-5-3-1)18-15-11-8-12-16-18/h17-18H,1-9,11-13,15-16H2. The molecule has 0 heterocycles. The van der Waals surface area contributed by atoms with E-state index in [1.165, 1.54) is 83.5 Å². The zero-order chi connectivity index (χ0) is 12.5. The van der Waals surface area contributed by atoms with Crippen molar-refractivity contribution in [1.82, 2.24) is 0 Å². The summed E-state index contributed by atoms with van der Waals surface area (Å²) in [6.45, 7) is 0. The molecule has 2 rings (SSSR count). The summed E-state index contributed by atoms with van der Waals surface area (Å²) in [6, 6.07) is 0. The molecular formula is C18H30. The van der Waals surface area contributed by atoms with E-state index in [0.29, 0.717) is 0 Å². The summed E-state index contributed by atoms with van der Waals surface area (Å²) in [7, 11) is 0. The van der Waals surface area contributed by atoms with Gasteiger partial charge in [0, 0.05) is 12.3 Å². The molecule has 1 fully saturated rings. The van der Waals surface area contributed by atoms with E-state index in [1.807, 2.05) is 0 Å². The van der Waals surface area contributed by atoms with Crippen LogP contribution in [0.25, 0.3) is 0 Å². The Morgan fingerprint density at radius 3 is 1.89 bits per heavy atom. The first-order valence-electron chi connectivity index (χ1n) is 8.45. The van der Waals surface area contributed by atoms with Gasteiger partial charge in [0.25, 0.3) is 0 Å². The monoisotopic (exact) mass is 246 g/mol. The normalized spacial score (nSPS) is 28.6. The van der Waals surface area contributed by atoms with Gasteiger partial charge < -0.3 is 0 Å². The molecule has 0 saturated heterocycles. The van der Waals surface area contributed by atoms with Gasteiger partial charge in [0.2, 0.25) is 0 Å². The van der Waals surface area contributed by atoms with E-state index < -0.39 is 0 Å². The molecule has 0 aromatic rings. The van der Waals surface area contributed by atoms with E-state index in [9.17, 15) is 0 Å². The predicted molar refractivity (Wildman–Crippen MR) is 79.4 cm³/mol. The van der Waals surface area contributed by atoms with Gasteiger partial charge in [-0.05, 0) is 31.6 Å². The van der Waals surface area contributed by atoms with Gasteiger partial charge in [0.1, 0.15) is 0 Å². The molecule has 2 aliphatic carbocycles. The van der Waals surface area contributed by atoms with Crippen LogP contribution in [0, 0.1) is 23.7 Å². The smallest absolute Gasteiger partial charge is 0.0231 e. The third-order valence-electron chi connectivity index (χ3n) is 4.82. The van der Waals surface area contributed by atoms with E-state index in [4.69, 9.17) is 0 Å². The van der Waals surface area contributed by atoms with E-state index in [1.54, 1.807) is 0 Å². The molecule has 18 heavy (non-hydrogen) atoms. The van der Waals surface area contributed by atoms with Crippen LogP contribution in [0.3, 0.4) is 0 Å². The van der Waals surface area contributed by atoms with Gasteiger partial charge in [0.15, 0.2) is 0 Å². The molecule has 0 bridgehead atoms. The van der Waals surface area contributed by atoms with Crippen molar-refractivity contribution in [3.8, 4) is 11.8 Å². The third kappa shape index (κ3) is 5.05. The van der Waals surface area contributed by atoms with Crippen LogP contribution < -0.4 is 0 Å². The van der Waals surface area contributed by atoms with Gasteiger partial charge in [-0.3, -0.25) is 0 Å². The van der Waals surface area contributed by atoms with Gasteiger partial charge in [-0.25, -0.2) is 0 Å². The molecule has 0 heteroatoms. The average Bonchev–Trinajstić information content (AvgIpc) is 2.40. The molecule has 0 aromatic carbocycles. The van der Waals surface area contributed by atoms with Crippen LogP contribution >= 0.6 is 0 Å². The first kappa shape index (κ1) is 14.0. The Balaban J connectivity index is 1.87. The van der Waals surface area contributed by atoms with Crippen molar-refractivity contribution in [2.75, 3.05) is 0 Å². The zero-order valence-corrected chi connectivity index (χ0v) is 12.1. The Hall–Kier alpha value is -0.440. The van der Waals surface area contributed by atoms with Gasteiger partial charge in [-0.1, -0.05) is 63.7 Å². The summed E-state index contributed by atoms with van der Waals surface area (Å²) in [5.41, 5.74) is 0. The SMILES string of the molecule is C1#CC(C2CCCCC2)CCCCCCCCC1. The van der Waals surface area contributed by atoms with E-state index in [-0.39, 0.29) is 0 Å². The predicted octanol–water partition coefficient (Wildman–Crippen LogP) is 5.71. The summed E-state index contributed by atoms with van der Waals surface area (Å²) in [6.07, 6.45) is 19.8. The summed E-state index contributed by atoms with van der Waals surface area (Å²) >= 11 is 0. The topological polar surface area (TPSA) is 0 Å². The lowest BCUT2D eigenvalue weighted by Gasteiger charge is -2.27. The van der Waals surface area contributed by atoms with Gasteiger partial charge >= 0.3 is 0 Å². The molecule has 0 amide bonds. The fraction of sp³-hybridized carbons (Fsp3) is 0.889. The van der Waals surface area contributed by atoms with E-state index >= 15 is 0 Å². The fourth-order valence-electron chi connectivity index (χ4n) is 3.63. The summed E-state index contributed by atoms with van der Waals surface area (Å²) < 4.78 is 0. The first-order chi connectivity index (χ1) is 8.97. The molecule has 1 unspecified atom stereocenters. The van der Waals surface area contributed by atoms with Crippen molar-refractivity contribution in [2.24, 2.45) is 11.8 Å². The Kier molecular flexibility index (Phi) is 6.70. The Morgan fingerprint density at radius 2 is 1.11 bits per heavy atom. The number of hydrogen-bond donors (Lipinski definition) is 0. The fourth-order valence-corrected chi connectivity index (χ4v) is 3.63. The van der Waals surface area contributed by atoms with Crippen LogP contribution in [0.1, 0.15) is 89.9 Å². The summed E-state index contributed by atoms with van der Waals surface area (Å²) in [5.74, 6) is 8.84. The largest absolute Gasteiger partial charge is 0.103 e. The third-order valence-corrected chi connectivity index (χ3v) is 4.82. The second-order valence-electron chi connectivity index (χ2n) is 6.34. The van der Waals surface area contributed by atoms with Gasteiger partial charge in [-0.2, -0.15) is 0 Å². The summed E-state index contributed by atoms with van der Waals surface area (Å²) in [4.78, 5) is 0.